The van der Waals surface area contributed by atoms with Crippen LogP contribution < -0.4 is 0 Å². The van der Waals surface area contributed by atoms with E-state index in [2.05, 4.69) is 78.2 Å². The largest absolute Gasteiger partial charge is 0.295 e. The van der Waals surface area contributed by atoms with Crippen molar-refractivity contribution < 1.29 is 0 Å². The summed E-state index contributed by atoms with van der Waals surface area (Å²) in [6.07, 6.45) is 3.89. The van der Waals surface area contributed by atoms with Crippen LogP contribution in [0.15, 0.2) is 65.4 Å². The van der Waals surface area contributed by atoms with Crippen LogP contribution in [-0.2, 0) is 5.75 Å². The van der Waals surface area contributed by atoms with Crippen LogP contribution >= 0.6 is 23.1 Å². The molecular weight excluding hydrogens is 370 g/mol. The summed E-state index contributed by atoms with van der Waals surface area (Å²) in [4.78, 5) is 9.35. The normalized spacial score (nSPS) is 11.1. The third kappa shape index (κ3) is 3.99. The molecule has 3 nitrogen and oxygen atoms in total. The molecule has 0 spiro atoms. The van der Waals surface area contributed by atoms with Gasteiger partial charge in [0.2, 0.25) is 0 Å². The molecule has 2 aromatic heterocycles. The van der Waals surface area contributed by atoms with Crippen molar-refractivity contribution >= 4 is 23.1 Å². The number of hydrogen-bond acceptors (Lipinski definition) is 4. The maximum Gasteiger partial charge on any atom is 0.172 e. The van der Waals surface area contributed by atoms with Gasteiger partial charge < -0.3 is 0 Å². The molecule has 0 saturated carbocycles. The Labute approximate surface area is 168 Å². The van der Waals surface area contributed by atoms with Gasteiger partial charge in [-0.2, -0.15) is 0 Å². The predicted molar refractivity (Wildman–Crippen MR) is 115 cm³/mol. The number of benzene rings is 2. The molecule has 0 atom stereocenters. The standard InChI is InChI=1S/C22H21N3S2/c1-15-4-7-18(8-5-15)21-24-19(13-26-21)14-27-22-23-10-11-25(22)20-9-6-16(2)12-17(20)3/h4-13H,14H2,1-3H3. The minimum Gasteiger partial charge on any atom is -0.295 e. The summed E-state index contributed by atoms with van der Waals surface area (Å²) < 4.78 is 2.16. The molecule has 0 N–H and O–H groups in total. The molecule has 4 rings (SSSR count). The fraction of sp³-hybridized carbons (Fsp3) is 0.182. The maximum absolute atomic E-state index is 4.80. The maximum atomic E-state index is 4.80. The number of thioether (sulfide) groups is 1. The number of aromatic nitrogens is 3. The molecule has 0 bridgehead atoms. The highest BCUT2D eigenvalue weighted by Crippen LogP contribution is 2.29. The monoisotopic (exact) mass is 391 g/mol. The Morgan fingerprint density at radius 3 is 2.56 bits per heavy atom. The van der Waals surface area contributed by atoms with Crippen LogP contribution in [0.2, 0.25) is 0 Å². The second-order valence-corrected chi connectivity index (χ2v) is 8.47. The van der Waals surface area contributed by atoms with E-state index < -0.39 is 0 Å². The quantitative estimate of drug-likeness (QED) is 0.379. The van der Waals surface area contributed by atoms with Gasteiger partial charge in [-0.25, -0.2) is 9.97 Å². The minimum absolute atomic E-state index is 0.810. The third-order valence-corrected chi connectivity index (χ3v) is 6.36. The molecule has 4 aromatic rings. The fourth-order valence-electron chi connectivity index (χ4n) is 3.00. The fourth-order valence-corrected chi connectivity index (χ4v) is 4.79. The Kier molecular flexibility index (Phi) is 5.14. The summed E-state index contributed by atoms with van der Waals surface area (Å²) in [5.74, 6) is 0.810. The van der Waals surface area contributed by atoms with Gasteiger partial charge in [-0.3, -0.25) is 4.57 Å². The molecule has 2 aromatic carbocycles. The molecular formula is C22H21N3S2. The van der Waals surface area contributed by atoms with E-state index in [4.69, 9.17) is 4.98 Å². The smallest absolute Gasteiger partial charge is 0.172 e. The lowest BCUT2D eigenvalue weighted by Crippen LogP contribution is -1.98. The minimum atomic E-state index is 0.810. The summed E-state index contributed by atoms with van der Waals surface area (Å²) in [7, 11) is 0. The van der Waals surface area contributed by atoms with Gasteiger partial charge in [0.1, 0.15) is 5.01 Å². The molecule has 27 heavy (non-hydrogen) atoms. The molecule has 0 unspecified atom stereocenters. The lowest BCUT2D eigenvalue weighted by Gasteiger charge is -2.10. The van der Waals surface area contributed by atoms with Crippen molar-refractivity contribution in [2.24, 2.45) is 0 Å². The molecule has 0 aliphatic heterocycles. The highest BCUT2D eigenvalue weighted by molar-refractivity contribution is 7.98. The molecule has 0 aliphatic carbocycles. The van der Waals surface area contributed by atoms with Crippen molar-refractivity contribution in [1.29, 1.82) is 0 Å². The van der Waals surface area contributed by atoms with Gasteiger partial charge in [0.05, 0.1) is 11.4 Å². The molecule has 0 fully saturated rings. The number of aryl methyl sites for hydroxylation is 3. The number of imidazole rings is 1. The van der Waals surface area contributed by atoms with E-state index in [1.807, 2.05) is 12.4 Å². The molecule has 0 saturated heterocycles. The average Bonchev–Trinajstić information content (AvgIpc) is 3.30. The van der Waals surface area contributed by atoms with Crippen LogP contribution in [0.1, 0.15) is 22.4 Å². The number of hydrogen-bond donors (Lipinski definition) is 0. The van der Waals surface area contributed by atoms with Crippen molar-refractivity contribution in [2.45, 2.75) is 31.7 Å². The molecule has 2 heterocycles. The van der Waals surface area contributed by atoms with Gasteiger partial charge >= 0.3 is 0 Å². The molecule has 136 valence electrons. The molecule has 0 radical (unpaired) electrons. The number of nitrogens with zero attached hydrogens (tertiary/aromatic N) is 3. The van der Waals surface area contributed by atoms with Gasteiger partial charge in [-0.05, 0) is 32.4 Å². The van der Waals surface area contributed by atoms with Crippen LogP contribution in [0.4, 0.5) is 0 Å². The molecule has 5 heteroatoms. The van der Waals surface area contributed by atoms with E-state index in [0.717, 1.165) is 21.6 Å². The summed E-state index contributed by atoms with van der Waals surface area (Å²) in [5, 5.41) is 4.21. The SMILES string of the molecule is Cc1ccc(-c2nc(CSc3nccn3-c3ccc(C)cc3C)cs2)cc1. The Balaban J connectivity index is 1.50. The molecule has 0 amide bonds. The first-order valence-corrected chi connectivity index (χ1v) is 10.7. The highest BCUT2D eigenvalue weighted by Gasteiger charge is 2.10. The van der Waals surface area contributed by atoms with Crippen LogP contribution in [-0.4, -0.2) is 14.5 Å². The van der Waals surface area contributed by atoms with E-state index in [0.29, 0.717) is 0 Å². The van der Waals surface area contributed by atoms with Gasteiger partial charge in [-0.15, -0.1) is 11.3 Å². The van der Waals surface area contributed by atoms with Crippen LogP contribution in [0.3, 0.4) is 0 Å². The summed E-state index contributed by atoms with van der Waals surface area (Å²) in [6.45, 7) is 6.37. The van der Waals surface area contributed by atoms with E-state index in [-0.39, 0.29) is 0 Å². The van der Waals surface area contributed by atoms with E-state index in [9.17, 15) is 0 Å². The number of thiazole rings is 1. The zero-order valence-electron chi connectivity index (χ0n) is 15.6. The Hall–Kier alpha value is -2.37. The van der Waals surface area contributed by atoms with Gasteiger partial charge in [0, 0.05) is 29.1 Å². The zero-order valence-corrected chi connectivity index (χ0v) is 17.3. The van der Waals surface area contributed by atoms with E-state index >= 15 is 0 Å². The van der Waals surface area contributed by atoms with Gasteiger partial charge in [0.15, 0.2) is 5.16 Å². The lowest BCUT2D eigenvalue weighted by molar-refractivity contribution is 0.886. The van der Waals surface area contributed by atoms with E-state index in [1.54, 1.807) is 23.1 Å². The van der Waals surface area contributed by atoms with Crippen molar-refractivity contribution in [2.75, 3.05) is 0 Å². The van der Waals surface area contributed by atoms with Crippen molar-refractivity contribution in [3.8, 4) is 16.3 Å². The van der Waals surface area contributed by atoms with Crippen LogP contribution in [0.25, 0.3) is 16.3 Å². The Morgan fingerprint density at radius 1 is 1.00 bits per heavy atom. The summed E-state index contributed by atoms with van der Waals surface area (Å²) in [5.41, 5.74) is 7.25. The second-order valence-electron chi connectivity index (χ2n) is 6.67. The predicted octanol–water partition coefficient (Wildman–Crippen LogP) is 6.21. The zero-order chi connectivity index (χ0) is 18.8. The topological polar surface area (TPSA) is 30.7 Å². The number of rotatable bonds is 5. The Morgan fingerprint density at radius 2 is 1.78 bits per heavy atom. The first-order chi connectivity index (χ1) is 13.1. The van der Waals surface area contributed by atoms with Crippen molar-refractivity contribution in [3.63, 3.8) is 0 Å². The lowest BCUT2D eigenvalue weighted by atomic mass is 10.1. The second kappa shape index (κ2) is 7.71. The third-order valence-electron chi connectivity index (χ3n) is 4.42. The van der Waals surface area contributed by atoms with Crippen LogP contribution in [0, 0.1) is 20.8 Å². The van der Waals surface area contributed by atoms with Crippen LogP contribution in [0.5, 0.6) is 0 Å². The van der Waals surface area contributed by atoms with Crippen molar-refractivity contribution in [3.05, 3.63) is 82.6 Å². The highest BCUT2D eigenvalue weighted by atomic mass is 32.2. The first kappa shape index (κ1) is 18.0. The van der Waals surface area contributed by atoms with Crippen molar-refractivity contribution in [1.82, 2.24) is 14.5 Å². The van der Waals surface area contributed by atoms with E-state index in [1.165, 1.54) is 27.9 Å². The Bertz CT molecular complexity index is 1060. The summed E-state index contributed by atoms with van der Waals surface area (Å²) in [6, 6.07) is 15.0. The first-order valence-electron chi connectivity index (χ1n) is 8.85. The van der Waals surface area contributed by atoms with Gasteiger partial charge in [-0.1, -0.05) is 59.3 Å². The average molecular weight is 392 g/mol. The summed E-state index contributed by atoms with van der Waals surface area (Å²) >= 11 is 3.42. The molecule has 0 aliphatic rings. The van der Waals surface area contributed by atoms with Gasteiger partial charge in [0.25, 0.3) is 0 Å².